The third-order valence-electron chi connectivity index (χ3n) is 2.16. The minimum atomic E-state index is -0.211. The number of hydrogen-bond donors (Lipinski definition) is 1. The smallest absolute Gasteiger partial charge is 0.0627 e. The Morgan fingerprint density at radius 3 is 2.40 bits per heavy atom. The van der Waals surface area contributed by atoms with E-state index in [9.17, 15) is 5.11 Å². The van der Waals surface area contributed by atoms with Gasteiger partial charge in [0, 0.05) is 21.7 Å². The Balaban J connectivity index is 2.12. The summed E-state index contributed by atoms with van der Waals surface area (Å²) in [6.45, 7) is 3.92. The monoisotopic (exact) mass is 242 g/mol. The van der Waals surface area contributed by atoms with Gasteiger partial charge in [-0.2, -0.15) is 11.8 Å². The van der Waals surface area contributed by atoms with Crippen LogP contribution in [0.15, 0.2) is 35.2 Å². The predicted molar refractivity (Wildman–Crippen MR) is 70.8 cm³/mol. The maximum atomic E-state index is 9.31. The van der Waals surface area contributed by atoms with Gasteiger partial charge in [0.1, 0.15) is 0 Å². The zero-order chi connectivity index (χ0) is 11.1. The standard InChI is InChI=1S/C12H18OS2/c1-10(13)11(2)14-8-9-15-12-6-4-3-5-7-12/h3-7,10-11,13H,8-9H2,1-2H3. The Bertz CT molecular complexity index is 262. The van der Waals surface area contributed by atoms with Crippen LogP contribution in [0.1, 0.15) is 13.8 Å². The van der Waals surface area contributed by atoms with Gasteiger partial charge in [0.2, 0.25) is 0 Å². The molecule has 2 unspecified atom stereocenters. The van der Waals surface area contributed by atoms with Crippen molar-refractivity contribution in [3.05, 3.63) is 30.3 Å². The molecule has 0 heterocycles. The summed E-state index contributed by atoms with van der Waals surface area (Å²) in [6.07, 6.45) is -0.211. The van der Waals surface area contributed by atoms with E-state index in [1.807, 2.05) is 36.5 Å². The number of hydrogen-bond acceptors (Lipinski definition) is 3. The highest BCUT2D eigenvalue weighted by Crippen LogP contribution is 2.21. The van der Waals surface area contributed by atoms with Gasteiger partial charge in [0.15, 0.2) is 0 Å². The lowest BCUT2D eigenvalue weighted by atomic mass is 10.3. The molecular formula is C12H18OS2. The van der Waals surface area contributed by atoms with Crippen LogP contribution >= 0.6 is 23.5 Å². The molecule has 0 bridgehead atoms. The molecule has 15 heavy (non-hydrogen) atoms. The van der Waals surface area contributed by atoms with Crippen molar-refractivity contribution in [2.24, 2.45) is 0 Å². The maximum Gasteiger partial charge on any atom is 0.0627 e. The van der Waals surface area contributed by atoms with E-state index < -0.39 is 0 Å². The number of benzene rings is 1. The summed E-state index contributed by atoms with van der Waals surface area (Å²) in [4.78, 5) is 1.32. The number of aliphatic hydroxyl groups is 1. The molecule has 0 aromatic heterocycles. The van der Waals surface area contributed by atoms with Gasteiger partial charge in [0.05, 0.1) is 6.10 Å². The number of thioether (sulfide) groups is 2. The summed E-state index contributed by atoms with van der Waals surface area (Å²) in [7, 11) is 0. The molecule has 0 aliphatic carbocycles. The Morgan fingerprint density at radius 1 is 1.13 bits per heavy atom. The predicted octanol–water partition coefficient (Wildman–Crippen LogP) is 3.28. The van der Waals surface area contributed by atoms with Gasteiger partial charge in [-0.25, -0.2) is 0 Å². The van der Waals surface area contributed by atoms with Gasteiger partial charge < -0.3 is 5.11 Å². The van der Waals surface area contributed by atoms with E-state index >= 15 is 0 Å². The zero-order valence-electron chi connectivity index (χ0n) is 9.22. The Labute approximate surface area is 101 Å². The first kappa shape index (κ1) is 12.9. The highest BCUT2D eigenvalue weighted by molar-refractivity contribution is 8.03. The van der Waals surface area contributed by atoms with Crippen LogP contribution in [0, 0.1) is 0 Å². The summed E-state index contributed by atoms with van der Waals surface area (Å²) in [5, 5.41) is 9.64. The summed E-state index contributed by atoms with van der Waals surface area (Å²) >= 11 is 3.70. The van der Waals surface area contributed by atoms with E-state index in [-0.39, 0.29) is 6.10 Å². The molecule has 0 fully saturated rings. The second-order valence-electron chi connectivity index (χ2n) is 3.48. The van der Waals surface area contributed by atoms with E-state index in [1.165, 1.54) is 4.90 Å². The van der Waals surface area contributed by atoms with Crippen LogP contribution in [0.2, 0.25) is 0 Å². The van der Waals surface area contributed by atoms with Crippen LogP contribution in [-0.2, 0) is 0 Å². The topological polar surface area (TPSA) is 20.2 Å². The van der Waals surface area contributed by atoms with Gasteiger partial charge in [-0.1, -0.05) is 25.1 Å². The molecule has 3 heteroatoms. The first-order valence-corrected chi connectivity index (χ1v) is 7.21. The molecule has 0 saturated heterocycles. The van der Waals surface area contributed by atoms with Gasteiger partial charge in [-0.05, 0) is 19.1 Å². The quantitative estimate of drug-likeness (QED) is 0.610. The number of aliphatic hydroxyl groups excluding tert-OH is 1. The highest BCUT2D eigenvalue weighted by Gasteiger charge is 2.08. The first-order valence-electron chi connectivity index (χ1n) is 5.17. The van der Waals surface area contributed by atoms with Crippen molar-refractivity contribution >= 4 is 23.5 Å². The number of rotatable bonds is 6. The fraction of sp³-hybridized carbons (Fsp3) is 0.500. The van der Waals surface area contributed by atoms with Crippen LogP contribution in [0.5, 0.6) is 0 Å². The molecule has 1 N–H and O–H groups in total. The molecule has 84 valence electrons. The minimum Gasteiger partial charge on any atom is -0.392 e. The van der Waals surface area contributed by atoms with E-state index in [0.29, 0.717) is 5.25 Å². The van der Waals surface area contributed by atoms with E-state index in [1.54, 1.807) is 0 Å². The Morgan fingerprint density at radius 2 is 1.80 bits per heavy atom. The SMILES string of the molecule is CC(O)C(C)SCCSc1ccccc1. The Hall–Kier alpha value is -0.120. The van der Waals surface area contributed by atoms with Crippen LogP contribution in [0.25, 0.3) is 0 Å². The second-order valence-corrected chi connectivity index (χ2v) is 6.13. The van der Waals surface area contributed by atoms with Gasteiger partial charge in [-0.15, -0.1) is 11.8 Å². The third kappa shape index (κ3) is 5.50. The first-order chi connectivity index (χ1) is 7.20. The van der Waals surface area contributed by atoms with Gasteiger partial charge in [0.25, 0.3) is 0 Å². The molecule has 0 aliphatic rings. The zero-order valence-corrected chi connectivity index (χ0v) is 10.9. The van der Waals surface area contributed by atoms with Crippen LogP contribution < -0.4 is 0 Å². The van der Waals surface area contributed by atoms with Crippen molar-refractivity contribution < 1.29 is 5.11 Å². The van der Waals surface area contributed by atoms with Crippen LogP contribution in [0.4, 0.5) is 0 Å². The van der Waals surface area contributed by atoms with Crippen molar-refractivity contribution in [2.45, 2.75) is 30.1 Å². The summed E-state index contributed by atoms with van der Waals surface area (Å²) < 4.78 is 0. The van der Waals surface area contributed by atoms with Crippen molar-refractivity contribution in [3.63, 3.8) is 0 Å². The van der Waals surface area contributed by atoms with Gasteiger partial charge >= 0.3 is 0 Å². The molecule has 1 aromatic rings. The lowest BCUT2D eigenvalue weighted by Gasteiger charge is -2.13. The van der Waals surface area contributed by atoms with E-state index in [2.05, 4.69) is 31.2 Å². The van der Waals surface area contributed by atoms with Crippen molar-refractivity contribution in [1.29, 1.82) is 0 Å². The second kappa shape index (κ2) is 7.20. The largest absolute Gasteiger partial charge is 0.392 e. The summed E-state index contributed by atoms with van der Waals surface area (Å²) in [5.41, 5.74) is 0. The van der Waals surface area contributed by atoms with Crippen LogP contribution in [0.3, 0.4) is 0 Å². The third-order valence-corrected chi connectivity index (χ3v) is 4.79. The molecular weight excluding hydrogens is 224 g/mol. The normalized spacial score (nSPS) is 14.9. The van der Waals surface area contributed by atoms with Crippen molar-refractivity contribution in [3.8, 4) is 0 Å². The van der Waals surface area contributed by atoms with Crippen molar-refractivity contribution in [2.75, 3.05) is 11.5 Å². The average molecular weight is 242 g/mol. The molecule has 1 rings (SSSR count). The fourth-order valence-electron chi connectivity index (χ4n) is 1.05. The maximum absolute atomic E-state index is 9.31. The van der Waals surface area contributed by atoms with E-state index in [0.717, 1.165) is 11.5 Å². The molecule has 2 atom stereocenters. The van der Waals surface area contributed by atoms with Crippen LogP contribution in [-0.4, -0.2) is 28.0 Å². The summed E-state index contributed by atoms with van der Waals surface area (Å²) in [6, 6.07) is 10.4. The van der Waals surface area contributed by atoms with Gasteiger partial charge in [-0.3, -0.25) is 0 Å². The fourth-order valence-corrected chi connectivity index (χ4v) is 3.00. The molecule has 0 amide bonds. The molecule has 0 radical (unpaired) electrons. The Kier molecular flexibility index (Phi) is 6.22. The van der Waals surface area contributed by atoms with E-state index in [4.69, 9.17) is 0 Å². The molecule has 0 spiro atoms. The lowest BCUT2D eigenvalue weighted by molar-refractivity contribution is 0.196. The molecule has 1 nitrogen and oxygen atoms in total. The lowest BCUT2D eigenvalue weighted by Crippen LogP contribution is -2.15. The molecule has 0 saturated carbocycles. The average Bonchev–Trinajstić information content (AvgIpc) is 2.25. The highest BCUT2D eigenvalue weighted by atomic mass is 32.2. The minimum absolute atomic E-state index is 0.211. The summed E-state index contributed by atoms with van der Waals surface area (Å²) in [5.74, 6) is 2.19. The molecule has 0 aliphatic heterocycles. The van der Waals surface area contributed by atoms with Crippen molar-refractivity contribution in [1.82, 2.24) is 0 Å². The molecule has 1 aromatic carbocycles.